The van der Waals surface area contributed by atoms with Crippen molar-refractivity contribution in [2.75, 3.05) is 17.2 Å². The van der Waals surface area contributed by atoms with Crippen LogP contribution >= 0.6 is 11.6 Å². The molecule has 2 aromatic heterocycles. The third-order valence-electron chi connectivity index (χ3n) is 4.75. The average molecular weight is 412 g/mol. The number of rotatable bonds is 7. The maximum Gasteiger partial charge on any atom is 0.225 e. The Morgan fingerprint density at radius 2 is 1.83 bits per heavy atom. The zero-order chi connectivity index (χ0) is 21.0. The Morgan fingerprint density at radius 1 is 1.10 bits per heavy atom. The minimum atomic E-state index is -0.147. The zero-order valence-corrected chi connectivity index (χ0v) is 17.8. The fraction of sp³-hybridized carbons (Fsp3) is 0.318. The van der Waals surface area contributed by atoms with Crippen LogP contribution < -0.4 is 10.6 Å². The molecule has 0 saturated heterocycles. The van der Waals surface area contributed by atoms with Gasteiger partial charge in [0.05, 0.1) is 18.3 Å². The number of anilines is 3. The smallest absolute Gasteiger partial charge is 0.225 e. The van der Waals surface area contributed by atoms with Crippen molar-refractivity contribution in [2.45, 2.75) is 33.7 Å². The van der Waals surface area contributed by atoms with Crippen molar-refractivity contribution >= 4 is 29.1 Å². The van der Waals surface area contributed by atoms with E-state index in [2.05, 4.69) is 25.6 Å². The summed E-state index contributed by atoms with van der Waals surface area (Å²) in [6.07, 6.45) is 3.49. The molecule has 1 atom stereocenters. The Bertz CT molecular complexity index is 955. The maximum absolute atomic E-state index is 9.69. The molecular formula is C22H26ClN5O. The Hall–Kier alpha value is -2.70. The van der Waals surface area contributed by atoms with Crippen LogP contribution in [0.15, 0.2) is 42.7 Å². The molecule has 2 heterocycles. The van der Waals surface area contributed by atoms with E-state index < -0.39 is 0 Å². The van der Waals surface area contributed by atoms with Crippen LogP contribution in [0.25, 0.3) is 11.3 Å². The molecule has 0 amide bonds. The molecule has 0 fully saturated rings. The molecule has 152 valence electrons. The van der Waals surface area contributed by atoms with Gasteiger partial charge in [-0.1, -0.05) is 25.4 Å². The molecule has 1 aromatic carbocycles. The lowest BCUT2D eigenvalue weighted by Gasteiger charge is -2.21. The molecule has 0 spiro atoms. The van der Waals surface area contributed by atoms with Gasteiger partial charge in [-0.15, -0.1) is 0 Å². The average Bonchev–Trinajstić information content (AvgIpc) is 2.69. The number of nitrogens with zero attached hydrogens (tertiary/aromatic N) is 3. The van der Waals surface area contributed by atoms with Gasteiger partial charge in [-0.3, -0.25) is 4.98 Å². The quantitative estimate of drug-likeness (QED) is 0.508. The number of aryl methyl sites for hydroxylation is 2. The standard InChI is InChI=1S/C22H26ClN5O/c1-13(2)19(12-29)26-22-25-18(16-6-5-7-24-11-16)10-20(28-22)27-21-14(3)8-17(23)9-15(21)4/h5-11,13,19,29H,12H2,1-4H3,(H2,25,26,27,28)/t19-/m1/s1. The molecule has 0 saturated carbocycles. The lowest BCUT2D eigenvalue weighted by Crippen LogP contribution is -2.30. The summed E-state index contributed by atoms with van der Waals surface area (Å²) < 4.78 is 0. The highest BCUT2D eigenvalue weighted by Gasteiger charge is 2.16. The number of aliphatic hydroxyl groups is 1. The molecular weight excluding hydrogens is 386 g/mol. The zero-order valence-electron chi connectivity index (χ0n) is 17.1. The third kappa shape index (κ3) is 5.22. The first-order valence-corrected chi connectivity index (χ1v) is 9.96. The Labute approximate surface area is 176 Å². The second-order valence-electron chi connectivity index (χ2n) is 7.42. The molecule has 3 rings (SSSR count). The van der Waals surface area contributed by atoms with Gasteiger partial charge >= 0.3 is 0 Å². The van der Waals surface area contributed by atoms with E-state index in [1.54, 1.807) is 12.4 Å². The van der Waals surface area contributed by atoms with E-state index in [-0.39, 0.29) is 18.6 Å². The van der Waals surface area contributed by atoms with E-state index in [0.717, 1.165) is 28.1 Å². The molecule has 6 nitrogen and oxygen atoms in total. The van der Waals surface area contributed by atoms with Crippen LogP contribution in [-0.2, 0) is 0 Å². The van der Waals surface area contributed by atoms with Crippen molar-refractivity contribution in [3.8, 4) is 11.3 Å². The van der Waals surface area contributed by atoms with E-state index in [0.29, 0.717) is 16.8 Å². The summed E-state index contributed by atoms with van der Waals surface area (Å²) in [5.41, 5.74) is 4.64. The fourth-order valence-corrected chi connectivity index (χ4v) is 3.39. The molecule has 0 aliphatic rings. The van der Waals surface area contributed by atoms with Crippen molar-refractivity contribution in [1.29, 1.82) is 0 Å². The summed E-state index contributed by atoms with van der Waals surface area (Å²) in [7, 11) is 0. The summed E-state index contributed by atoms with van der Waals surface area (Å²) in [6.45, 7) is 8.08. The highest BCUT2D eigenvalue weighted by atomic mass is 35.5. The monoisotopic (exact) mass is 411 g/mol. The lowest BCUT2D eigenvalue weighted by molar-refractivity contribution is 0.248. The van der Waals surface area contributed by atoms with Crippen LogP contribution in [0.4, 0.5) is 17.5 Å². The van der Waals surface area contributed by atoms with Crippen molar-refractivity contribution in [3.63, 3.8) is 0 Å². The number of aromatic nitrogens is 3. The Balaban J connectivity index is 2.03. The van der Waals surface area contributed by atoms with Crippen molar-refractivity contribution in [3.05, 3.63) is 58.9 Å². The normalized spacial score (nSPS) is 12.1. The van der Waals surface area contributed by atoms with E-state index in [1.165, 1.54) is 0 Å². The Kier molecular flexibility index (Phi) is 6.67. The van der Waals surface area contributed by atoms with Crippen LogP contribution in [0.3, 0.4) is 0 Å². The predicted octanol–water partition coefficient (Wildman–Crippen LogP) is 4.98. The number of pyridine rings is 1. The number of hydrogen-bond donors (Lipinski definition) is 3. The molecule has 0 aliphatic heterocycles. The second-order valence-corrected chi connectivity index (χ2v) is 7.86. The molecule has 3 N–H and O–H groups in total. The van der Waals surface area contributed by atoms with Gasteiger partial charge in [-0.2, -0.15) is 4.98 Å². The summed E-state index contributed by atoms with van der Waals surface area (Å²) >= 11 is 6.16. The van der Waals surface area contributed by atoms with E-state index in [4.69, 9.17) is 11.6 Å². The van der Waals surface area contributed by atoms with Crippen molar-refractivity contribution in [2.24, 2.45) is 5.92 Å². The van der Waals surface area contributed by atoms with Crippen LogP contribution in [0, 0.1) is 19.8 Å². The van der Waals surface area contributed by atoms with Crippen LogP contribution in [0.5, 0.6) is 0 Å². The second kappa shape index (κ2) is 9.20. The van der Waals surface area contributed by atoms with Crippen LogP contribution in [-0.4, -0.2) is 32.7 Å². The summed E-state index contributed by atoms with van der Waals surface area (Å²) in [5.74, 6) is 1.32. The summed E-state index contributed by atoms with van der Waals surface area (Å²) in [6, 6.07) is 9.40. The van der Waals surface area contributed by atoms with Gasteiger partial charge in [0.15, 0.2) is 0 Å². The number of nitrogens with one attached hydrogen (secondary N) is 2. The molecule has 29 heavy (non-hydrogen) atoms. The molecule has 0 aliphatic carbocycles. The van der Waals surface area contributed by atoms with Crippen molar-refractivity contribution in [1.82, 2.24) is 15.0 Å². The van der Waals surface area contributed by atoms with Gasteiger partial charge in [0.2, 0.25) is 5.95 Å². The Morgan fingerprint density at radius 3 is 2.41 bits per heavy atom. The highest BCUT2D eigenvalue weighted by molar-refractivity contribution is 6.30. The lowest BCUT2D eigenvalue weighted by atomic mass is 10.1. The summed E-state index contributed by atoms with van der Waals surface area (Å²) in [4.78, 5) is 13.5. The SMILES string of the molecule is Cc1cc(Cl)cc(C)c1Nc1cc(-c2cccnc2)nc(N[C@H](CO)C(C)C)n1. The van der Waals surface area contributed by atoms with Gasteiger partial charge < -0.3 is 15.7 Å². The van der Waals surface area contributed by atoms with Crippen molar-refractivity contribution < 1.29 is 5.11 Å². The maximum atomic E-state index is 9.69. The molecule has 3 aromatic rings. The topological polar surface area (TPSA) is 83.0 Å². The molecule has 0 bridgehead atoms. The first-order valence-electron chi connectivity index (χ1n) is 9.58. The van der Waals surface area contributed by atoms with Crippen LogP contribution in [0.1, 0.15) is 25.0 Å². The molecule has 0 radical (unpaired) electrons. The van der Waals surface area contributed by atoms with Crippen LogP contribution in [0.2, 0.25) is 5.02 Å². The molecule has 7 heteroatoms. The van der Waals surface area contributed by atoms with Gasteiger partial charge in [-0.05, 0) is 55.2 Å². The van der Waals surface area contributed by atoms with Gasteiger partial charge in [0.25, 0.3) is 0 Å². The number of benzene rings is 1. The van der Waals surface area contributed by atoms with E-state index in [1.807, 2.05) is 58.0 Å². The van der Waals surface area contributed by atoms with Gasteiger partial charge in [-0.25, -0.2) is 4.98 Å². The first-order chi connectivity index (χ1) is 13.9. The van der Waals surface area contributed by atoms with E-state index >= 15 is 0 Å². The fourth-order valence-electron chi connectivity index (χ4n) is 3.06. The van der Waals surface area contributed by atoms with Gasteiger partial charge in [0.1, 0.15) is 5.82 Å². The molecule has 0 unspecified atom stereocenters. The minimum Gasteiger partial charge on any atom is -0.394 e. The minimum absolute atomic E-state index is 0.00366. The number of aliphatic hydroxyl groups excluding tert-OH is 1. The predicted molar refractivity (Wildman–Crippen MR) is 119 cm³/mol. The third-order valence-corrected chi connectivity index (χ3v) is 4.97. The number of hydrogen-bond acceptors (Lipinski definition) is 6. The van der Waals surface area contributed by atoms with Gasteiger partial charge in [0, 0.05) is 34.7 Å². The number of halogens is 1. The highest BCUT2D eigenvalue weighted by Crippen LogP contribution is 2.29. The largest absolute Gasteiger partial charge is 0.394 e. The van der Waals surface area contributed by atoms with E-state index in [9.17, 15) is 5.11 Å². The first kappa shape index (κ1) is 21.0. The summed E-state index contributed by atoms with van der Waals surface area (Å²) in [5, 5.41) is 17.0.